The van der Waals surface area contributed by atoms with Gasteiger partial charge in [-0.1, -0.05) is 42.1 Å². The van der Waals surface area contributed by atoms with Crippen molar-refractivity contribution >= 4 is 11.8 Å². The van der Waals surface area contributed by atoms with E-state index in [0.717, 1.165) is 56.8 Å². The molecule has 164 valence electrons. The molecule has 0 amide bonds. The summed E-state index contributed by atoms with van der Waals surface area (Å²) in [4.78, 5) is 8.92. The van der Waals surface area contributed by atoms with E-state index in [9.17, 15) is 5.11 Å². The van der Waals surface area contributed by atoms with E-state index in [2.05, 4.69) is 28.1 Å². The topological polar surface area (TPSA) is 54.8 Å². The summed E-state index contributed by atoms with van der Waals surface area (Å²) in [6.45, 7) is 2.67. The fourth-order valence-electron chi connectivity index (χ4n) is 4.34. The van der Waals surface area contributed by atoms with Gasteiger partial charge in [-0.15, -0.1) is 0 Å². The van der Waals surface area contributed by atoms with E-state index in [1.54, 1.807) is 17.8 Å². The molecule has 2 aliphatic rings. The number of rotatable bonds is 3. The number of phenols is 1. The average molecular weight is 455 g/mol. The number of aromatic nitrogens is 1. The Labute approximate surface area is 196 Å². The number of nitrogens with zero attached hydrogens (tertiary/aromatic N) is 2. The molecule has 0 saturated heterocycles. The lowest BCUT2D eigenvalue weighted by Crippen LogP contribution is -2.25. The van der Waals surface area contributed by atoms with Crippen LogP contribution in [0, 0.1) is 0 Å². The summed E-state index contributed by atoms with van der Waals surface area (Å²) in [5.41, 5.74) is 3.84. The van der Waals surface area contributed by atoms with E-state index in [1.807, 2.05) is 54.7 Å². The normalized spacial score (nSPS) is 14.8. The zero-order chi connectivity index (χ0) is 22.2. The van der Waals surface area contributed by atoms with Crippen molar-refractivity contribution in [2.75, 3.05) is 13.2 Å². The van der Waals surface area contributed by atoms with Crippen LogP contribution in [0.3, 0.4) is 0 Å². The second-order valence-electron chi connectivity index (χ2n) is 8.15. The van der Waals surface area contributed by atoms with Crippen LogP contribution >= 0.6 is 11.8 Å². The average Bonchev–Trinajstić information content (AvgIpc) is 3.05. The molecule has 6 heteroatoms. The van der Waals surface area contributed by atoms with Crippen LogP contribution in [0.4, 0.5) is 0 Å². The second kappa shape index (κ2) is 8.46. The van der Waals surface area contributed by atoms with Crippen molar-refractivity contribution in [3.05, 3.63) is 90.3 Å². The number of hydrogen-bond donors (Lipinski definition) is 1. The Morgan fingerprint density at radius 1 is 0.939 bits per heavy atom. The van der Waals surface area contributed by atoms with E-state index >= 15 is 0 Å². The molecule has 0 aliphatic carbocycles. The smallest absolute Gasteiger partial charge is 0.165 e. The molecule has 0 bridgehead atoms. The number of aromatic hydroxyl groups is 1. The van der Waals surface area contributed by atoms with Crippen LogP contribution in [0.2, 0.25) is 0 Å². The monoisotopic (exact) mass is 454 g/mol. The number of phenolic OH excluding ortho intramolecular Hbond substituents is 1. The summed E-state index contributed by atoms with van der Waals surface area (Å²) in [7, 11) is 0. The Morgan fingerprint density at radius 2 is 1.82 bits per heavy atom. The van der Waals surface area contributed by atoms with E-state index < -0.39 is 0 Å². The summed E-state index contributed by atoms with van der Waals surface area (Å²) in [6.07, 6.45) is 1.82. The van der Waals surface area contributed by atoms with Gasteiger partial charge < -0.3 is 14.6 Å². The quantitative estimate of drug-likeness (QED) is 0.355. The van der Waals surface area contributed by atoms with Crippen LogP contribution < -0.4 is 9.47 Å². The standard InChI is InChI=1S/C27H22N2O3S/c30-22-15-18(21-7-5-10-25-27(21)32-23-8-1-2-9-24(23)33-25)14-19-16-29(12-13-31-26(19)22)17-20-6-3-4-11-28-20/h1-11,14-15,30H,12-13,16-17H2. The first-order chi connectivity index (χ1) is 16.2. The third-order valence-corrected chi connectivity index (χ3v) is 6.98. The van der Waals surface area contributed by atoms with E-state index in [1.165, 1.54) is 0 Å². The number of ether oxygens (including phenoxy) is 2. The molecule has 1 aromatic heterocycles. The molecule has 0 spiro atoms. The molecule has 33 heavy (non-hydrogen) atoms. The van der Waals surface area contributed by atoms with Gasteiger partial charge in [0.1, 0.15) is 18.1 Å². The third kappa shape index (κ3) is 3.92. The molecule has 0 saturated carbocycles. The van der Waals surface area contributed by atoms with Gasteiger partial charge >= 0.3 is 0 Å². The number of para-hydroxylation sites is 2. The first-order valence-corrected chi connectivity index (χ1v) is 11.8. The molecule has 1 N–H and O–H groups in total. The molecule has 4 aromatic rings. The Morgan fingerprint density at radius 3 is 2.73 bits per heavy atom. The van der Waals surface area contributed by atoms with Gasteiger partial charge in [-0.3, -0.25) is 9.88 Å². The molecule has 0 fully saturated rings. The van der Waals surface area contributed by atoms with Crippen LogP contribution in [0.25, 0.3) is 11.1 Å². The number of fused-ring (bicyclic) bond motifs is 3. The van der Waals surface area contributed by atoms with Gasteiger partial charge in [0.15, 0.2) is 11.5 Å². The maximum absolute atomic E-state index is 10.9. The minimum absolute atomic E-state index is 0.156. The Balaban J connectivity index is 1.36. The third-order valence-electron chi connectivity index (χ3n) is 5.88. The maximum Gasteiger partial charge on any atom is 0.165 e. The fraction of sp³-hybridized carbons (Fsp3) is 0.148. The lowest BCUT2D eigenvalue weighted by molar-refractivity contribution is 0.215. The Bertz CT molecular complexity index is 1330. The summed E-state index contributed by atoms with van der Waals surface area (Å²) >= 11 is 1.70. The van der Waals surface area contributed by atoms with Crippen molar-refractivity contribution in [1.29, 1.82) is 0 Å². The highest BCUT2D eigenvalue weighted by molar-refractivity contribution is 7.99. The molecule has 0 atom stereocenters. The number of hydrogen-bond acceptors (Lipinski definition) is 6. The maximum atomic E-state index is 10.9. The molecule has 0 unspecified atom stereocenters. The lowest BCUT2D eigenvalue weighted by atomic mass is 10.00. The summed E-state index contributed by atoms with van der Waals surface area (Å²) in [5.74, 6) is 2.39. The van der Waals surface area contributed by atoms with E-state index in [-0.39, 0.29) is 5.75 Å². The number of pyridine rings is 1. The molecule has 2 aliphatic heterocycles. The van der Waals surface area contributed by atoms with Crippen LogP contribution in [-0.2, 0) is 13.1 Å². The summed E-state index contributed by atoms with van der Waals surface area (Å²) in [6, 6.07) is 24.0. The van der Waals surface area contributed by atoms with Crippen molar-refractivity contribution < 1.29 is 14.6 Å². The SMILES string of the molecule is Oc1cc(-c2cccc3c2Oc2ccccc2S3)cc2c1OCCN(Cc1ccccn1)C2. The first-order valence-electron chi connectivity index (χ1n) is 10.9. The van der Waals surface area contributed by atoms with E-state index in [4.69, 9.17) is 9.47 Å². The van der Waals surface area contributed by atoms with Crippen molar-refractivity contribution in [2.24, 2.45) is 0 Å². The number of benzene rings is 3. The molecular formula is C27H22N2O3S. The predicted molar refractivity (Wildman–Crippen MR) is 128 cm³/mol. The van der Waals surface area contributed by atoms with Crippen LogP contribution in [0.1, 0.15) is 11.3 Å². The van der Waals surface area contributed by atoms with Gasteiger partial charge in [0, 0.05) is 37.0 Å². The summed E-state index contributed by atoms with van der Waals surface area (Å²) in [5, 5.41) is 10.9. The highest BCUT2D eigenvalue weighted by atomic mass is 32.2. The molecule has 0 radical (unpaired) electrons. The highest BCUT2D eigenvalue weighted by Crippen LogP contribution is 2.51. The van der Waals surface area contributed by atoms with Crippen LogP contribution in [0.5, 0.6) is 23.0 Å². The highest BCUT2D eigenvalue weighted by Gasteiger charge is 2.24. The molecule has 3 aromatic carbocycles. The van der Waals surface area contributed by atoms with Gasteiger partial charge in [-0.05, 0) is 48.0 Å². The van der Waals surface area contributed by atoms with Gasteiger partial charge in [0.25, 0.3) is 0 Å². The molecular weight excluding hydrogens is 432 g/mol. The van der Waals surface area contributed by atoms with Crippen molar-refractivity contribution in [1.82, 2.24) is 9.88 Å². The van der Waals surface area contributed by atoms with Crippen molar-refractivity contribution in [3.8, 4) is 34.1 Å². The zero-order valence-corrected chi connectivity index (χ0v) is 18.7. The van der Waals surface area contributed by atoms with Gasteiger partial charge in [-0.2, -0.15) is 0 Å². The van der Waals surface area contributed by atoms with Crippen LogP contribution in [0.15, 0.2) is 88.8 Å². The Hall–Kier alpha value is -3.48. The van der Waals surface area contributed by atoms with Gasteiger partial charge in [0.05, 0.1) is 15.5 Å². The molecule has 6 rings (SSSR count). The second-order valence-corrected chi connectivity index (χ2v) is 9.23. The zero-order valence-electron chi connectivity index (χ0n) is 17.9. The largest absolute Gasteiger partial charge is 0.504 e. The predicted octanol–water partition coefficient (Wildman–Crippen LogP) is 6.11. The molecule has 5 nitrogen and oxygen atoms in total. The van der Waals surface area contributed by atoms with E-state index in [0.29, 0.717) is 18.9 Å². The van der Waals surface area contributed by atoms with Crippen molar-refractivity contribution in [3.63, 3.8) is 0 Å². The minimum Gasteiger partial charge on any atom is -0.504 e. The van der Waals surface area contributed by atoms with Gasteiger partial charge in [-0.25, -0.2) is 0 Å². The minimum atomic E-state index is 0.156. The van der Waals surface area contributed by atoms with Gasteiger partial charge in [0.2, 0.25) is 0 Å². The first kappa shape index (κ1) is 20.1. The molecule has 3 heterocycles. The van der Waals surface area contributed by atoms with Crippen LogP contribution in [-0.4, -0.2) is 28.1 Å². The summed E-state index contributed by atoms with van der Waals surface area (Å²) < 4.78 is 12.3. The Kier molecular flexibility index (Phi) is 5.17. The lowest BCUT2D eigenvalue weighted by Gasteiger charge is -2.23. The fourth-order valence-corrected chi connectivity index (χ4v) is 5.33. The van der Waals surface area contributed by atoms with Crippen molar-refractivity contribution in [2.45, 2.75) is 22.9 Å².